The molecule has 1 nitrogen and oxygen atoms in total. The van der Waals surface area contributed by atoms with Crippen LogP contribution in [0.15, 0.2) is 0 Å². The van der Waals surface area contributed by atoms with Gasteiger partial charge < -0.3 is 4.74 Å². The summed E-state index contributed by atoms with van der Waals surface area (Å²) in [5.74, 6) is 2.39. The van der Waals surface area contributed by atoms with E-state index in [2.05, 4.69) is 11.8 Å². The Balaban J connectivity index is 1.95. The molecule has 0 aromatic carbocycles. The molecule has 0 amide bonds. The van der Waals surface area contributed by atoms with Gasteiger partial charge in [-0.3, -0.25) is 0 Å². The smallest absolute Gasteiger partial charge is 0.0476 e. The highest BCUT2D eigenvalue weighted by molar-refractivity contribution is 8.00. The first-order valence-corrected chi connectivity index (χ1v) is 5.21. The van der Waals surface area contributed by atoms with Crippen molar-refractivity contribution in [3.8, 4) is 0 Å². The molecule has 0 radical (unpaired) electrons. The van der Waals surface area contributed by atoms with Crippen LogP contribution in [0.5, 0.6) is 0 Å². The van der Waals surface area contributed by atoms with E-state index in [4.69, 9.17) is 4.74 Å². The van der Waals surface area contributed by atoms with Gasteiger partial charge in [0.1, 0.15) is 0 Å². The van der Waals surface area contributed by atoms with Crippen LogP contribution in [0, 0.1) is 5.92 Å². The van der Waals surface area contributed by atoms with Crippen LogP contribution in [0.4, 0.5) is 0 Å². The molecule has 2 heteroatoms. The third kappa shape index (κ3) is 1.32. The molecular formula is C8H14OS. The molecule has 2 atom stereocenters. The first-order chi connectivity index (χ1) is 4.97. The predicted octanol–water partition coefficient (Wildman–Crippen LogP) is 1.92. The Kier molecular flexibility index (Phi) is 2.19. The summed E-state index contributed by atoms with van der Waals surface area (Å²) in [5.41, 5.74) is 0. The molecule has 0 aromatic heterocycles. The normalized spacial score (nSPS) is 40.8. The topological polar surface area (TPSA) is 9.23 Å². The Morgan fingerprint density at radius 3 is 3.00 bits per heavy atom. The summed E-state index contributed by atoms with van der Waals surface area (Å²) in [6.07, 6.45) is 4.06. The van der Waals surface area contributed by atoms with Gasteiger partial charge in [-0.25, -0.2) is 0 Å². The molecule has 0 spiro atoms. The summed E-state index contributed by atoms with van der Waals surface area (Å²) in [5, 5.41) is 0.947. The lowest BCUT2D eigenvalue weighted by Gasteiger charge is -2.12. The highest BCUT2D eigenvalue weighted by Crippen LogP contribution is 2.37. The molecule has 0 bridgehead atoms. The summed E-state index contributed by atoms with van der Waals surface area (Å²) < 4.78 is 5.42. The highest BCUT2D eigenvalue weighted by Gasteiger charge is 2.28. The van der Waals surface area contributed by atoms with E-state index in [1.165, 1.54) is 25.0 Å². The van der Waals surface area contributed by atoms with E-state index < -0.39 is 0 Å². The average Bonchev–Trinajstić information content (AvgIpc) is 2.28. The van der Waals surface area contributed by atoms with Crippen molar-refractivity contribution < 1.29 is 4.74 Å². The standard InChI is InChI=1S/C8H14OS/c1-4-9-5-2-8-7(1)3-6-10-8/h7-8H,1-6H2. The van der Waals surface area contributed by atoms with E-state index >= 15 is 0 Å². The van der Waals surface area contributed by atoms with Crippen molar-refractivity contribution >= 4 is 11.8 Å². The Morgan fingerprint density at radius 2 is 2.00 bits per heavy atom. The summed E-state index contributed by atoms with van der Waals surface area (Å²) in [6, 6.07) is 0. The van der Waals surface area contributed by atoms with Crippen LogP contribution in [-0.2, 0) is 4.74 Å². The number of rotatable bonds is 0. The molecule has 2 fully saturated rings. The van der Waals surface area contributed by atoms with E-state index in [0.717, 1.165) is 24.4 Å². The van der Waals surface area contributed by atoms with Crippen molar-refractivity contribution in [1.82, 2.24) is 0 Å². The second kappa shape index (κ2) is 3.14. The molecule has 0 N–H and O–H groups in total. The Bertz CT molecular complexity index is 104. The van der Waals surface area contributed by atoms with Gasteiger partial charge in [-0.05, 0) is 30.9 Å². The van der Waals surface area contributed by atoms with Gasteiger partial charge in [-0.15, -0.1) is 0 Å². The molecule has 10 heavy (non-hydrogen) atoms. The van der Waals surface area contributed by atoms with Gasteiger partial charge in [0.2, 0.25) is 0 Å². The van der Waals surface area contributed by atoms with Gasteiger partial charge in [0.25, 0.3) is 0 Å². The predicted molar refractivity (Wildman–Crippen MR) is 44.4 cm³/mol. The quantitative estimate of drug-likeness (QED) is 0.532. The van der Waals surface area contributed by atoms with Crippen molar-refractivity contribution in [2.45, 2.75) is 24.5 Å². The van der Waals surface area contributed by atoms with E-state index in [9.17, 15) is 0 Å². The Labute approximate surface area is 66.5 Å². The lowest BCUT2D eigenvalue weighted by molar-refractivity contribution is 0.141. The summed E-state index contributed by atoms with van der Waals surface area (Å²) in [6.45, 7) is 2.02. The van der Waals surface area contributed by atoms with Gasteiger partial charge in [0.15, 0.2) is 0 Å². The van der Waals surface area contributed by atoms with E-state index in [-0.39, 0.29) is 0 Å². The molecule has 2 heterocycles. The van der Waals surface area contributed by atoms with Crippen molar-refractivity contribution in [2.75, 3.05) is 19.0 Å². The van der Waals surface area contributed by atoms with Gasteiger partial charge >= 0.3 is 0 Å². The first-order valence-electron chi connectivity index (χ1n) is 4.16. The van der Waals surface area contributed by atoms with Crippen molar-refractivity contribution in [2.24, 2.45) is 5.92 Å². The number of hydrogen-bond acceptors (Lipinski definition) is 2. The number of fused-ring (bicyclic) bond motifs is 1. The SMILES string of the molecule is C1CC2CCSC2CCO1. The van der Waals surface area contributed by atoms with Gasteiger partial charge in [-0.1, -0.05) is 0 Å². The molecule has 0 aliphatic carbocycles. The number of ether oxygens (including phenoxy) is 1. The van der Waals surface area contributed by atoms with E-state index in [1.807, 2.05) is 0 Å². The van der Waals surface area contributed by atoms with Crippen LogP contribution in [0.2, 0.25) is 0 Å². The first kappa shape index (κ1) is 6.99. The van der Waals surface area contributed by atoms with Gasteiger partial charge in [0.05, 0.1) is 0 Å². The van der Waals surface area contributed by atoms with E-state index in [1.54, 1.807) is 0 Å². The average molecular weight is 158 g/mol. The van der Waals surface area contributed by atoms with Crippen LogP contribution in [0.1, 0.15) is 19.3 Å². The van der Waals surface area contributed by atoms with Gasteiger partial charge in [0, 0.05) is 18.5 Å². The second-order valence-electron chi connectivity index (χ2n) is 3.15. The van der Waals surface area contributed by atoms with Crippen molar-refractivity contribution in [1.29, 1.82) is 0 Å². The van der Waals surface area contributed by atoms with E-state index in [0.29, 0.717) is 0 Å². The minimum Gasteiger partial charge on any atom is -0.381 e. The fourth-order valence-corrected chi connectivity index (χ4v) is 3.43. The van der Waals surface area contributed by atoms with Crippen molar-refractivity contribution in [3.63, 3.8) is 0 Å². The molecule has 2 saturated heterocycles. The lowest BCUT2D eigenvalue weighted by Crippen LogP contribution is -2.09. The lowest BCUT2D eigenvalue weighted by atomic mass is 9.98. The minimum atomic E-state index is 0.947. The monoisotopic (exact) mass is 158 g/mol. The fourth-order valence-electron chi connectivity index (χ4n) is 1.88. The zero-order valence-electron chi connectivity index (χ0n) is 6.21. The van der Waals surface area contributed by atoms with Crippen LogP contribution >= 0.6 is 11.8 Å². The third-order valence-electron chi connectivity index (χ3n) is 2.53. The molecule has 0 aromatic rings. The molecule has 2 aliphatic heterocycles. The van der Waals surface area contributed by atoms with Crippen LogP contribution < -0.4 is 0 Å². The van der Waals surface area contributed by atoms with Crippen molar-refractivity contribution in [3.05, 3.63) is 0 Å². The Hall–Kier alpha value is 0.310. The molecule has 2 unspecified atom stereocenters. The zero-order valence-corrected chi connectivity index (χ0v) is 7.03. The summed E-state index contributed by atoms with van der Waals surface area (Å²) in [7, 11) is 0. The Morgan fingerprint density at radius 1 is 1.10 bits per heavy atom. The molecular weight excluding hydrogens is 144 g/mol. The third-order valence-corrected chi connectivity index (χ3v) is 4.05. The fraction of sp³-hybridized carbons (Fsp3) is 1.00. The maximum absolute atomic E-state index is 5.42. The minimum absolute atomic E-state index is 0.947. The maximum atomic E-state index is 5.42. The molecule has 2 aliphatic rings. The summed E-state index contributed by atoms with van der Waals surface area (Å²) >= 11 is 2.16. The maximum Gasteiger partial charge on any atom is 0.0476 e. The molecule has 0 saturated carbocycles. The second-order valence-corrected chi connectivity index (χ2v) is 4.49. The summed E-state index contributed by atoms with van der Waals surface area (Å²) in [4.78, 5) is 0. The van der Waals surface area contributed by atoms with Crippen LogP contribution in [0.3, 0.4) is 0 Å². The largest absolute Gasteiger partial charge is 0.381 e. The highest BCUT2D eigenvalue weighted by atomic mass is 32.2. The van der Waals surface area contributed by atoms with Crippen LogP contribution in [0.25, 0.3) is 0 Å². The zero-order chi connectivity index (χ0) is 6.81. The van der Waals surface area contributed by atoms with Gasteiger partial charge in [-0.2, -0.15) is 11.8 Å². The number of thioether (sulfide) groups is 1. The number of hydrogen-bond donors (Lipinski definition) is 0. The van der Waals surface area contributed by atoms with Crippen LogP contribution in [-0.4, -0.2) is 24.2 Å². The molecule has 2 rings (SSSR count). The molecule has 58 valence electrons.